The molecule has 2 heterocycles. The maximum absolute atomic E-state index is 13.1. The molecule has 0 unspecified atom stereocenters. The predicted octanol–water partition coefficient (Wildman–Crippen LogP) is 4.76. The minimum atomic E-state index is -0.822. The molecule has 1 aromatic heterocycles. The molecule has 1 saturated heterocycles. The van der Waals surface area contributed by atoms with E-state index in [1.54, 1.807) is 25.1 Å². The largest absolute Gasteiger partial charge is 0.507 e. The summed E-state index contributed by atoms with van der Waals surface area (Å²) in [4.78, 5) is 27.4. The van der Waals surface area contributed by atoms with Crippen LogP contribution in [-0.2, 0) is 9.59 Å². The normalized spacial score (nSPS) is 18.1. The number of aryl methyl sites for hydroxylation is 1. The number of rotatable bonds is 3. The fourth-order valence-corrected chi connectivity index (χ4v) is 3.98. The van der Waals surface area contributed by atoms with Crippen LogP contribution in [0.2, 0.25) is 0 Å². The number of hydrogen-bond donors (Lipinski definition) is 1. The summed E-state index contributed by atoms with van der Waals surface area (Å²) >= 11 is 0. The highest BCUT2D eigenvalue weighted by Crippen LogP contribution is 2.42. The Labute approximate surface area is 178 Å². The zero-order valence-electron chi connectivity index (χ0n) is 16.6. The van der Waals surface area contributed by atoms with E-state index < -0.39 is 17.7 Å². The molecule has 152 valence electrons. The first-order valence-corrected chi connectivity index (χ1v) is 9.83. The van der Waals surface area contributed by atoms with E-state index in [4.69, 9.17) is 4.52 Å². The van der Waals surface area contributed by atoms with E-state index in [2.05, 4.69) is 5.16 Å². The average Bonchev–Trinajstić information content (AvgIpc) is 3.34. The summed E-state index contributed by atoms with van der Waals surface area (Å²) in [5, 5.41) is 17.1. The molecular formula is C25H18N2O4. The van der Waals surface area contributed by atoms with Gasteiger partial charge in [-0.25, -0.2) is 0 Å². The number of fused-ring (bicyclic) bond motifs is 1. The molecule has 31 heavy (non-hydrogen) atoms. The van der Waals surface area contributed by atoms with E-state index in [9.17, 15) is 14.7 Å². The highest BCUT2D eigenvalue weighted by atomic mass is 16.5. The highest BCUT2D eigenvalue weighted by molar-refractivity contribution is 6.51. The van der Waals surface area contributed by atoms with Gasteiger partial charge in [0, 0.05) is 11.6 Å². The zero-order valence-corrected chi connectivity index (χ0v) is 16.6. The molecule has 5 rings (SSSR count). The summed E-state index contributed by atoms with van der Waals surface area (Å²) in [7, 11) is 0. The number of aliphatic hydroxyl groups excluding tert-OH is 1. The van der Waals surface area contributed by atoms with E-state index in [-0.39, 0.29) is 17.2 Å². The first-order valence-electron chi connectivity index (χ1n) is 9.83. The van der Waals surface area contributed by atoms with Crippen LogP contribution in [-0.4, -0.2) is 22.0 Å². The smallest absolute Gasteiger partial charge is 0.301 e. The Bertz CT molecular complexity index is 1350. The number of Topliss-reactive ketones (excluding diaryl/α,β-unsaturated/α-hetero) is 1. The fourth-order valence-electron chi connectivity index (χ4n) is 3.98. The van der Waals surface area contributed by atoms with E-state index in [1.165, 1.54) is 4.90 Å². The quantitative estimate of drug-likeness (QED) is 0.299. The number of aromatic nitrogens is 1. The van der Waals surface area contributed by atoms with Crippen LogP contribution in [0.4, 0.5) is 5.82 Å². The van der Waals surface area contributed by atoms with Gasteiger partial charge in [-0.3, -0.25) is 14.5 Å². The molecule has 1 aliphatic rings. The lowest BCUT2D eigenvalue weighted by Gasteiger charge is -2.22. The number of hydrogen-bond acceptors (Lipinski definition) is 5. The summed E-state index contributed by atoms with van der Waals surface area (Å²) in [6.45, 7) is 1.71. The zero-order chi connectivity index (χ0) is 21.5. The van der Waals surface area contributed by atoms with Crippen molar-refractivity contribution in [3.63, 3.8) is 0 Å². The van der Waals surface area contributed by atoms with Gasteiger partial charge in [-0.05, 0) is 29.3 Å². The molecule has 0 aliphatic carbocycles. The van der Waals surface area contributed by atoms with Crippen molar-refractivity contribution in [3.8, 4) is 0 Å². The number of ketones is 1. The van der Waals surface area contributed by atoms with Crippen molar-refractivity contribution >= 4 is 34.0 Å². The molecule has 0 radical (unpaired) electrons. The van der Waals surface area contributed by atoms with Crippen molar-refractivity contribution in [2.75, 3.05) is 4.90 Å². The molecule has 1 N–H and O–H groups in total. The first kappa shape index (κ1) is 18.8. The Morgan fingerprint density at radius 3 is 2.35 bits per heavy atom. The van der Waals surface area contributed by atoms with Gasteiger partial charge in [-0.1, -0.05) is 71.9 Å². The molecule has 1 fully saturated rings. The molecule has 1 amide bonds. The van der Waals surface area contributed by atoms with Crippen LogP contribution in [0.5, 0.6) is 0 Å². The molecule has 1 aliphatic heterocycles. The van der Waals surface area contributed by atoms with Crippen LogP contribution < -0.4 is 4.90 Å². The number of carbonyl (C=O) groups excluding carboxylic acids is 2. The Kier molecular flexibility index (Phi) is 4.40. The third-order valence-electron chi connectivity index (χ3n) is 5.44. The lowest BCUT2D eigenvalue weighted by Crippen LogP contribution is -2.29. The van der Waals surface area contributed by atoms with Crippen LogP contribution >= 0.6 is 0 Å². The van der Waals surface area contributed by atoms with Crippen LogP contribution in [0.1, 0.15) is 22.9 Å². The minimum absolute atomic E-state index is 0.0205. The third kappa shape index (κ3) is 3.09. The number of carbonyl (C=O) groups is 2. The lowest BCUT2D eigenvalue weighted by atomic mass is 9.94. The van der Waals surface area contributed by atoms with Gasteiger partial charge in [0.05, 0.1) is 11.6 Å². The van der Waals surface area contributed by atoms with Crippen LogP contribution in [0.25, 0.3) is 16.5 Å². The summed E-state index contributed by atoms with van der Waals surface area (Å²) in [5.74, 6) is -1.01. The van der Waals surface area contributed by atoms with Gasteiger partial charge in [0.1, 0.15) is 11.5 Å². The number of benzene rings is 3. The summed E-state index contributed by atoms with van der Waals surface area (Å²) in [5.41, 5.74) is 1.17. The predicted molar refractivity (Wildman–Crippen MR) is 116 cm³/mol. The Balaban J connectivity index is 1.72. The SMILES string of the molecule is Cc1cc(N2C(=O)C(=O)/C(=C(/O)c3ccc4ccccc4c3)[C@H]2c2ccccc2)no1. The molecule has 0 spiro atoms. The number of nitrogens with zero attached hydrogens (tertiary/aromatic N) is 2. The van der Waals surface area contributed by atoms with E-state index >= 15 is 0 Å². The van der Waals surface area contributed by atoms with Gasteiger partial charge in [0.15, 0.2) is 5.82 Å². The standard InChI is InChI=1S/C25H18N2O4/c1-15-13-20(26-31-15)27-22(17-8-3-2-4-9-17)21(24(29)25(27)30)23(28)19-12-11-16-7-5-6-10-18(16)14-19/h2-14,22,28H,1H3/b23-21+/t22-/m1/s1. The van der Waals surface area contributed by atoms with E-state index in [1.807, 2.05) is 60.7 Å². The van der Waals surface area contributed by atoms with Gasteiger partial charge < -0.3 is 9.63 Å². The minimum Gasteiger partial charge on any atom is -0.507 e. The molecule has 6 nitrogen and oxygen atoms in total. The summed E-state index contributed by atoms with van der Waals surface area (Å²) in [6, 6.07) is 23.0. The Morgan fingerprint density at radius 2 is 1.65 bits per heavy atom. The Morgan fingerprint density at radius 1 is 0.935 bits per heavy atom. The van der Waals surface area contributed by atoms with Gasteiger partial charge in [0.25, 0.3) is 5.78 Å². The molecule has 1 atom stereocenters. The van der Waals surface area contributed by atoms with Gasteiger partial charge in [-0.15, -0.1) is 0 Å². The van der Waals surface area contributed by atoms with Crippen molar-refractivity contribution in [3.05, 3.63) is 101 Å². The maximum Gasteiger partial charge on any atom is 0.301 e. The van der Waals surface area contributed by atoms with E-state index in [0.29, 0.717) is 16.9 Å². The van der Waals surface area contributed by atoms with Crippen LogP contribution in [0.3, 0.4) is 0 Å². The molecule has 3 aromatic carbocycles. The fraction of sp³-hybridized carbons (Fsp3) is 0.0800. The van der Waals surface area contributed by atoms with E-state index in [0.717, 1.165) is 10.8 Å². The highest BCUT2D eigenvalue weighted by Gasteiger charge is 2.48. The van der Waals surface area contributed by atoms with Gasteiger partial charge in [0.2, 0.25) is 0 Å². The summed E-state index contributed by atoms with van der Waals surface area (Å²) < 4.78 is 5.14. The lowest BCUT2D eigenvalue weighted by molar-refractivity contribution is -0.132. The van der Waals surface area contributed by atoms with Gasteiger partial charge >= 0.3 is 5.91 Å². The molecule has 0 bridgehead atoms. The molecule has 6 heteroatoms. The van der Waals surface area contributed by atoms with Crippen molar-refractivity contribution in [2.24, 2.45) is 0 Å². The van der Waals surface area contributed by atoms with Gasteiger partial charge in [-0.2, -0.15) is 0 Å². The second kappa shape index (κ2) is 7.25. The maximum atomic E-state index is 13.1. The topological polar surface area (TPSA) is 83.6 Å². The first-order chi connectivity index (χ1) is 15.0. The van der Waals surface area contributed by atoms with Crippen LogP contribution in [0.15, 0.2) is 89.0 Å². The molecule has 4 aromatic rings. The second-order valence-corrected chi connectivity index (χ2v) is 7.44. The monoisotopic (exact) mass is 410 g/mol. The third-order valence-corrected chi connectivity index (χ3v) is 5.44. The second-order valence-electron chi connectivity index (χ2n) is 7.44. The van der Waals surface area contributed by atoms with Crippen molar-refractivity contribution in [1.82, 2.24) is 5.16 Å². The molecular weight excluding hydrogens is 392 g/mol. The molecule has 0 saturated carbocycles. The Hall–Kier alpha value is -4.19. The number of amides is 1. The van der Waals surface area contributed by atoms with Crippen molar-refractivity contribution in [1.29, 1.82) is 0 Å². The van der Waals surface area contributed by atoms with Crippen molar-refractivity contribution in [2.45, 2.75) is 13.0 Å². The number of aliphatic hydroxyl groups is 1. The van der Waals surface area contributed by atoms with Crippen LogP contribution in [0, 0.1) is 6.92 Å². The number of anilines is 1. The van der Waals surface area contributed by atoms with Crippen molar-refractivity contribution < 1.29 is 19.2 Å². The summed E-state index contributed by atoms with van der Waals surface area (Å²) in [6.07, 6.45) is 0. The average molecular weight is 410 g/mol.